The quantitative estimate of drug-likeness (QED) is 0.454. The fraction of sp³-hybridized carbons (Fsp3) is 0.333. The third-order valence-corrected chi connectivity index (χ3v) is 5.80. The number of hydrogen-bond donors (Lipinski definition) is 0. The molecule has 25 heavy (non-hydrogen) atoms. The lowest BCUT2D eigenvalue weighted by molar-refractivity contribution is -0.0435. The van der Waals surface area contributed by atoms with Crippen molar-refractivity contribution in [3.8, 4) is 0 Å². The Labute approximate surface area is 147 Å². The first-order chi connectivity index (χ1) is 11.8. The zero-order valence-corrected chi connectivity index (χ0v) is 14.3. The number of aromatic nitrogens is 1. The molecule has 0 aliphatic carbocycles. The minimum absolute atomic E-state index is 0.00455. The predicted molar refractivity (Wildman–Crippen MR) is 86.2 cm³/mol. The van der Waals surface area contributed by atoms with Crippen molar-refractivity contribution in [3.63, 3.8) is 0 Å². The summed E-state index contributed by atoms with van der Waals surface area (Å²) in [4.78, 5) is 18.0. The summed E-state index contributed by atoms with van der Waals surface area (Å²) in [7, 11) is 0. The number of ketones is 1. The van der Waals surface area contributed by atoms with Gasteiger partial charge in [0.2, 0.25) is 5.78 Å². The van der Waals surface area contributed by atoms with E-state index in [-0.39, 0.29) is 17.0 Å². The van der Waals surface area contributed by atoms with Gasteiger partial charge in [-0.25, -0.2) is 9.37 Å². The smallest absolute Gasteiger partial charge is 0.578 e. The first kappa shape index (κ1) is 18.2. The van der Waals surface area contributed by atoms with Gasteiger partial charge in [0, 0.05) is 18.2 Å². The molecule has 1 aromatic heterocycles. The van der Waals surface area contributed by atoms with Crippen LogP contribution in [-0.2, 0) is 11.2 Å². The van der Waals surface area contributed by atoms with Gasteiger partial charge in [-0.3, -0.25) is 4.79 Å². The molecule has 0 saturated carbocycles. The van der Waals surface area contributed by atoms with Gasteiger partial charge in [0.25, 0.3) is 0 Å². The first-order valence-corrected chi connectivity index (χ1v) is 9.20. The molecule has 2 aromatic rings. The number of alkyl halides is 4. The van der Waals surface area contributed by atoms with E-state index in [0.29, 0.717) is 18.1 Å². The molecule has 2 heterocycles. The van der Waals surface area contributed by atoms with Crippen molar-refractivity contribution in [1.29, 1.82) is 0 Å². The van der Waals surface area contributed by atoms with Gasteiger partial charge >= 0.3 is 5.51 Å². The highest BCUT2D eigenvalue weighted by molar-refractivity contribution is 7.92. The van der Waals surface area contributed by atoms with Crippen molar-refractivity contribution in [2.75, 3.05) is 18.0 Å². The molecule has 1 fully saturated rings. The molecular weight excluding hydrogens is 380 g/mol. The second kappa shape index (κ2) is 6.93. The highest BCUT2D eigenvalue weighted by atomic mass is 32.2. The molecule has 10 heteroatoms. The minimum atomic E-state index is -4.89. The fourth-order valence-corrected chi connectivity index (χ4v) is 4.05. The molecule has 1 aromatic carbocycles. The van der Waals surface area contributed by atoms with Gasteiger partial charge in [-0.05, 0) is 12.5 Å². The maximum absolute atomic E-state index is 13.3. The molecule has 0 spiro atoms. The van der Waals surface area contributed by atoms with Crippen LogP contribution in [0.4, 0.5) is 22.7 Å². The lowest BCUT2D eigenvalue weighted by Crippen LogP contribution is -2.23. The maximum Gasteiger partial charge on any atom is 0.578 e. The second-order valence-corrected chi connectivity index (χ2v) is 7.89. The number of carbonyl (C=O) groups excluding carboxylic acids is 1. The average Bonchev–Trinajstić information content (AvgIpc) is 3.21. The number of carbonyl (C=O) groups is 1. The van der Waals surface area contributed by atoms with E-state index in [9.17, 15) is 26.9 Å². The van der Waals surface area contributed by atoms with Gasteiger partial charge in [0.05, 0.1) is 28.8 Å². The van der Waals surface area contributed by atoms with E-state index in [1.165, 1.54) is 18.3 Å². The SMILES string of the molecule is O=C(c1cccc([S+]([O-])C(F)(F)F)c1)c1cnc(N2CC[C@@H](F)C2)s1. The molecule has 134 valence electrons. The third kappa shape index (κ3) is 3.96. The molecule has 4 nitrogen and oxygen atoms in total. The van der Waals surface area contributed by atoms with Crippen LogP contribution in [-0.4, -0.2) is 40.1 Å². The Balaban J connectivity index is 1.81. The van der Waals surface area contributed by atoms with Crippen molar-refractivity contribution in [3.05, 3.63) is 40.9 Å². The summed E-state index contributed by atoms with van der Waals surface area (Å²) in [6.45, 7) is 0.712. The monoisotopic (exact) mass is 392 g/mol. The summed E-state index contributed by atoms with van der Waals surface area (Å²) in [5.41, 5.74) is -4.90. The fourth-order valence-electron chi connectivity index (χ4n) is 2.44. The van der Waals surface area contributed by atoms with Crippen molar-refractivity contribution < 1.29 is 26.9 Å². The summed E-state index contributed by atoms with van der Waals surface area (Å²) in [5, 5.41) is 0.499. The van der Waals surface area contributed by atoms with Gasteiger partial charge in [0.1, 0.15) is 6.17 Å². The number of anilines is 1. The van der Waals surface area contributed by atoms with Gasteiger partial charge in [-0.2, -0.15) is 0 Å². The summed E-state index contributed by atoms with van der Waals surface area (Å²) in [5.74, 6) is -0.513. The van der Waals surface area contributed by atoms with Crippen LogP contribution >= 0.6 is 11.3 Å². The molecule has 1 aliphatic heterocycles. The molecular formula is C15H12F4N2O2S2. The van der Waals surface area contributed by atoms with Gasteiger partial charge in [-0.1, -0.05) is 23.5 Å². The largest absolute Gasteiger partial charge is 0.604 e. The van der Waals surface area contributed by atoms with E-state index < -0.39 is 33.5 Å². The Hall–Kier alpha value is -1.65. The van der Waals surface area contributed by atoms with Crippen LogP contribution in [0.15, 0.2) is 35.4 Å². The molecule has 1 aliphatic rings. The summed E-state index contributed by atoms with van der Waals surface area (Å²) < 4.78 is 62.4. The molecule has 0 radical (unpaired) electrons. The predicted octanol–water partition coefficient (Wildman–Crippen LogP) is 3.55. The van der Waals surface area contributed by atoms with Gasteiger partial charge in [0.15, 0.2) is 10.0 Å². The standard InChI is InChI=1S/C15H12F4N2O2S2/c16-10-4-5-21(8-10)14-20-7-12(24-14)13(22)9-2-1-3-11(6-9)25(23)15(17,18)19/h1-3,6-7,10H,4-5,8H2/t10-,25?/m1/s1. The van der Waals surface area contributed by atoms with Crippen molar-refractivity contribution in [2.24, 2.45) is 0 Å². The van der Waals surface area contributed by atoms with Crippen LogP contribution in [0.3, 0.4) is 0 Å². The number of rotatable bonds is 4. The number of hydrogen-bond acceptors (Lipinski definition) is 5. The minimum Gasteiger partial charge on any atom is -0.604 e. The van der Waals surface area contributed by atoms with Crippen LogP contribution in [0.5, 0.6) is 0 Å². The van der Waals surface area contributed by atoms with Gasteiger partial charge in [-0.15, -0.1) is 13.2 Å². The highest BCUT2D eigenvalue weighted by Crippen LogP contribution is 2.32. The van der Waals surface area contributed by atoms with E-state index in [0.717, 1.165) is 23.5 Å². The van der Waals surface area contributed by atoms with E-state index in [2.05, 4.69) is 4.98 Å². The summed E-state index contributed by atoms with van der Waals surface area (Å²) in [6, 6.07) is 4.64. The van der Waals surface area contributed by atoms with Crippen LogP contribution < -0.4 is 4.90 Å². The van der Waals surface area contributed by atoms with E-state index in [1.54, 1.807) is 4.90 Å². The Kier molecular flexibility index (Phi) is 5.03. The lowest BCUT2D eigenvalue weighted by atomic mass is 10.1. The molecule has 0 amide bonds. The Bertz CT molecular complexity index is 781. The van der Waals surface area contributed by atoms with Crippen molar-refractivity contribution in [1.82, 2.24) is 4.98 Å². The molecule has 1 unspecified atom stereocenters. The Morgan fingerprint density at radius 2 is 2.16 bits per heavy atom. The molecule has 2 atom stereocenters. The van der Waals surface area contributed by atoms with Gasteiger partial charge < -0.3 is 9.45 Å². The summed E-state index contributed by atoms with van der Waals surface area (Å²) >= 11 is -2.14. The number of halogens is 4. The molecule has 1 saturated heterocycles. The van der Waals surface area contributed by atoms with Crippen molar-refractivity contribution in [2.45, 2.75) is 23.0 Å². The van der Waals surface area contributed by atoms with Crippen LogP contribution in [0, 0.1) is 0 Å². The second-order valence-electron chi connectivity index (χ2n) is 5.41. The van der Waals surface area contributed by atoms with Crippen LogP contribution in [0.1, 0.15) is 21.7 Å². The molecule has 0 N–H and O–H groups in total. The van der Waals surface area contributed by atoms with E-state index in [1.807, 2.05) is 0 Å². The topological polar surface area (TPSA) is 56.3 Å². The van der Waals surface area contributed by atoms with Crippen molar-refractivity contribution >= 4 is 33.4 Å². The Morgan fingerprint density at radius 1 is 1.40 bits per heavy atom. The highest BCUT2D eigenvalue weighted by Gasteiger charge is 2.46. The molecule has 3 rings (SSSR count). The number of thiazole rings is 1. The zero-order chi connectivity index (χ0) is 18.2. The van der Waals surface area contributed by atoms with E-state index >= 15 is 0 Å². The molecule has 0 bridgehead atoms. The van der Waals surface area contributed by atoms with Crippen LogP contribution in [0.2, 0.25) is 0 Å². The lowest BCUT2D eigenvalue weighted by Gasteiger charge is -2.12. The zero-order valence-electron chi connectivity index (χ0n) is 12.6. The average molecular weight is 392 g/mol. The Morgan fingerprint density at radius 3 is 2.80 bits per heavy atom. The first-order valence-electron chi connectivity index (χ1n) is 7.24. The maximum atomic E-state index is 13.3. The summed E-state index contributed by atoms with van der Waals surface area (Å²) in [6.07, 6.45) is 0.784. The number of nitrogens with zero attached hydrogens (tertiary/aromatic N) is 2. The number of benzene rings is 1. The van der Waals surface area contributed by atoms with E-state index in [4.69, 9.17) is 0 Å². The van der Waals surface area contributed by atoms with Crippen LogP contribution in [0.25, 0.3) is 0 Å². The normalized spacial score (nSPS) is 19.2. The third-order valence-electron chi connectivity index (χ3n) is 3.64.